The summed E-state index contributed by atoms with van der Waals surface area (Å²) in [5, 5.41) is 13.7. The lowest BCUT2D eigenvalue weighted by molar-refractivity contribution is -0.114. The minimum Gasteiger partial charge on any atom is -0.318 e. The van der Waals surface area contributed by atoms with Gasteiger partial charge in [0.15, 0.2) is 5.84 Å². The van der Waals surface area contributed by atoms with E-state index in [1.54, 1.807) is 6.08 Å². The Morgan fingerprint density at radius 3 is 2.61 bits per heavy atom. The van der Waals surface area contributed by atoms with Gasteiger partial charge in [-0.1, -0.05) is 19.1 Å². The van der Waals surface area contributed by atoms with Crippen molar-refractivity contribution >= 4 is 49.0 Å². The first-order chi connectivity index (χ1) is 14.6. The highest BCUT2D eigenvalue weighted by Gasteiger charge is 2.39. The van der Waals surface area contributed by atoms with Gasteiger partial charge in [-0.3, -0.25) is 10.2 Å². The zero-order valence-corrected chi connectivity index (χ0v) is 19.1. The first kappa shape index (κ1) is 21.3. The van der Waals surface area contributed by atoms with Crippen LogP contribution in [0.25, 0.3) is 11.8 Å². The molecule has 0 spiro atoms. The summed E-state index contributed by atoms with van der Waals surface area (Å²) in [6.45, 7) is 7.47. The second-order valence-corrected chi connectivity index (χ2v) is 10.7. The summed E-state index contributed by atoms with van der Waals surface area (Å²) < 4.78 is 26.2. The van der Waals surface area contributed by atoms with Crippen molar-refractivity contribution in [1.29, 1.82) is 5.41 Å². The van der Waals surface area contributed by atoms with Crippen molar-refractivity contribution in [2.24, 2.45) is 10.1 Å². The van der Waals surface area contributed by atoms with Gasteiger partial charge in [-0.2, -0.15) is 10.0 Å². The number of nitrogens with one attached hydrogen (secondary N) is 1. The number of carbonyl (C=O) groups is 1. The molecule has 1 aromatic heterocycles. The maximum atomic E-state index is 12.7. The number of amidine groups is 2. The van der Waals surface area contributed by atoms with Gasteiger partial charge in [0.1, 0.15) is 0 Å². The molecule has 1 amide bonds. The van der Waals surface area contributed by atoms with Gasteiger partial charge in [0.25, 0.3) is 5.91 Å². The van der Waals surface area contributed by atoms with Gasteiger partial charge in [-0.25, -0.2) is 8.42 Å². The summed E-state index contributed by atoms with van der Waals surface area (Å²) >= 11 is 0.795. The molecule has 10 heteroatoms. The molecular weight excluding hydrogens is 434 g/mol. The first-order valence-corrected chi connectivity index (χ1v) is 12.1. The number of hydrogen-bond acceptors (Lipinski definition) is 6. The zero-order chi connectivity index (χ0) is 22.5. The highest BCUT2D eigenvalue weighted by Crippen LogP contribution is 2.31. The Balaban J connectivity index is 1.75. The monoisotopic (exact) mass is 455 g/mol. The number of amides is 1. The number of aliphatic imine (C=N–C) groups is 1. The number of hydrazone groups is 1. The molecule has 160 valence electrons. The minimum absolute atomic E-state index is 0.0627. The Morgan fingerprint density at radius 1 is 1.19 bits per heavy atom. The highest BCUT2D eigenvalue weighted by molar-refractivity contribution is 8.42. The van der Waals surface area contributed by atoms with Crippen molar-refractivity contribution in [2.45, 2.75) is 27.7 Å². The molecule has 1 aromatic carbocycles. The highest BCUT2D eigenvalue weighted by atomic mass is 32.3. The van der Waals surface area contributed by atoms with E-state index in [1.165, 1.54) is 6.92 Å². The molecular formula is C21H21N5O3S2. The third-order valence-corrected chi connectivity index (χ3v) is 8.20. The van der Waals surface area contributed by atoms with Gasteiger partial charge in [-0.15, -0.1) is 5.10 Å². The topological polar surface area (TPSA) is 108 Å². The molecule has 4 rings (SSSR count). The number of fused-ring (bicyclic) bond motifs is 1. The fourth-order valence-electron chi connectivity index (χ4n) is 3.48. The molecule has 0 bridgehead atoms. The van der Waals surface area contributed by atoms with Crippen LogP contribution in [-0.2, 0) is 14.6 Å². The van der Waals surface area contributed by atoms with E-state index >= 15 is 0 Å². The molecule has 0 atom stereocenters. The van der Waals surface area contributed by atoms with Crippen LogP contribution >= 0.6 is 11.8 Å². The molecule has 8 nitrogen and oxygen atoms in total. The molecule has 0 saturated carbocycles. The van der Waals surface area contributed by atoms with E-state index in [0.717, 1.165) is 45.0 Å². The fourth-order valence-corrected chi connectivity index (χ4v) is 5.64. The Kier molecular flexibility index (Phi) is 5.22. The van der Waals surface area contributed by atoms with Gasteiger partial charge < -0.3 is 4.57 Å². The lowest BCUT2D eigenvalue weighted by atomic mass is 10.1. The third kappa shape index (κ3) is 3.66. The van der Waals surface area contributed by atoms with E-state index in [4.69, 9.17) is 5.41 Å². The van der Waals surface area contributed by atoms with Gasteiger partial charge in [0.2, 0.25) is 19.4 Å². The zero-order valence-electron chi connectivity index (χ0n) is 17.5. The number of aryl methyl sites for hydroxylation is 2. The number of benzene rings is 1. The lowest BCUT2D eigenvalue weighted by Gasteiger charge is -2.20. The number of thioether (sulfide) groups is 1. The minimum atomic E-state index is -3.56. The normalized spacial score (nSPS) is 17.8. The third-order valence-electron chi connectivity index (χ3n) is 5.11. The molecule has 2 aliphatic heterocycles. The van der Waals surface area contributed by atoms with Crippen LogP contribution in [-0.4, -0.2) is 45.0 Å². The molecule has 0 fully saturated rings. The van der Waals surface area contributed by atoms with Crippen LogP contribution in [0.5, 0.6) is 0 Å². The van der Waals surface area contributed by atoms with Crippen LogP contribution in [0.15, 0.2) is 46.0 Å². The van der Waals surface area contributed by atoms with Crippen LogP contribution in [0.4, 0.5) is 0 Å². The number of aromatic nitrogens is 1. The van der Waals surface area contributed by atoms with Crippen molar-refractivity contribution in [1.82, 2.24) is 9.58 Å². The van der Waals surface area contributed by atoms with Crippen molar-refractivity contribution in [2.75, 3.05) is 5.75 Å². The summed E-state index contributed by atoms with van der Waals surface area (Å²) in [6, 6.07) is 10.1. The SMILES string of the molecule is CCS(=O)(=O)C1=NN2C(=N)/C(=C\c3cc(C)n(-c4cccc(C)c4)c3C)C(=O)N=C2S1. The maximum Gasteiger partial charge on any atom is 0.283 e. The van der Waals surface area contributed by atoms with Crippen LogP contribution in [0, 0.1) is 26.2 Å². The summed E-state index contributed by atoms with van der Waals surface area (Å²) in [7, 11) is -3.56. The second-order valence-electron chi connectivity index (χ2n) is 7.29. The van der Waals surface area contributed by atoms with Crippen molar-refractivity contribution in [3.8, 4) is 5.69 Å². The van der Waals surface area contributed by atoms with Crippen LogP contribution in [0.1, 0.15) is 29.4 Å². The summed E-state index contributed by atoms with van der Waals surface area (Å²) in [5.74, 6) is -0.895. The predicted octanol–water partition coefficient (Wildman–Crippen LogP) is 3.41. The standard InChI is InChI=1S/C21H21N5O3S2/c1-5-31(28,29)21-24-26-18(22)17(19(27)23-20(26)30-21)11-15-10-13(3)25(14(15)4)16-8-6-7-12(2)9-16/h6-11,22H,5H2,1-4H3/b17-11+,22-18?. The second kappa shape index (κ2) is 7.61. The molecule has 0 unspecified atom stereocenters. The molecule has 31 heavy (non-hydrogen) atoms. The van der Waals surface area contributed by atoms with E-state index < -0.39 is 15.7 Å². The Bertz CT molecular complexity index is 1330. The van der Waals surface area contributed by atoms with Crippen molar-refractivity contribution in [3.05, 3.63) is 58.4 Å². The van der Waals surface area contributed by atoms with Gasteiger partial charge in [-0.05, 0) is 67.9 Å². The number of sulfone groups is 1. The molecule has 2 aliphatic rings. The molecule has 2 aromatic rings. The summed E-state index contributed by atoms with van der Waals surface area (Å²) in [6.07, 6.45) is 1.62. The van der Waals surface area contributed by atoms with Crippen molar-refractivity contribution < 1.29 is 13.2 Å². The number of carbonyl (C=O) groups excluding carboxylic acids is 1. The molecule has 0 aliphatic carbocycles. The number of hydrogen-bond donors (Lipinski definition) is 1. The van der Waals surface area contributed by atoms with Crippen LogP contribution in [0.2, 0.25) is 0 Å². The Morgan fingerprint density at radius 2 is 1.94 bits per heavy atom. The van der Waals surface area contributed by atoms with Gasteiger partial charge in [0, 0.05) is 17.1 Å². The number of nitrogens with zero attached hydrogens (tertiary/aromatic N) is 4. The van der Waals surface area contributed by atoms with E-state index in [9.17, 15) is 13.2 Å². The van der Waals surface area contributed by atoms with Crippen LogP contribution in [0.3, 0.4) is 0 Å². The fraction of sp³-hybridized carbons (Fsp3) is 0.238. The first-order valence-electron chi connectivity index (χ1n) is 9.61. The van der Waals surface area contributed by atoms with Crippen LogP contribution < -0.4 is 0 Å². The van der Waals surface area contributed by atoms with E-state index in [2.05, 4.69) is 20.7 Å². The average Bonchev–Trinajstić information content (AvgIpc) is 3.26. The Hall–Kier alpha value is -2.98. The average molecular weight is 456 g/mol. The van der Waals surface area contributed by atoms with Gasteiger partial charge >= 0.3 is 0 Å². The van der Waals surface area contributed by atoms with E-state index in [0.29, 0.717) is 0 Å². The summed E-state index contributed by atoms with van der Waals surface area (Å²) in [5.41, 5.74) is 4.90. The molecule has 0 saturated heterocycles. The molecule has 3 heterocycles. The lowest BCUT2D eigenvalue weighted by Crippen LogP contribution is -2.35. The van der Waals surface area contributed by atoms with E-state index in [-0.39, 0.29) is 26.7 Å². The predicted molar refractivity (Wildman–Crippen MR) is 124 cm³/mol. The molecule has 1 N–H and O–H groups in total. The Labute approximate surface area is 184 Å². The molecule has 0 radical (unpaired) electrons. The largest absolute Gasteiger partial charge is 0.318 e. The summed E-state index contributed by atoms with van der Waals surface area (Å²) in [4.78, 5) is 16.6. The van der Waals surface area contributed by atoms with E-state index in [1.807, 2.05) is 45.0 Å². The maximum absolute atomic E-state index is 12.7. The van der Waals surface area contributed by atoms with Crippen molar-refractivity contribution in [3.63, 3.8) is 0 Å². The van der Waals surface area contributed by atoms with Gasteiger partial charge in [0.05, 0.1) is 11.3 Å². The smallest absolute Gasteiger partial charge is 0.283 e. The number of rotatable bonds is 3. The quantitative estimate of drug-likeness (QED) is 0.714.